The van der Waals surface area contributed by atoms with Crippen LogP contribution in [0.3, 0.4) is 0 Å². The molecule has 10 heteroatoms. The number of nitrogens with zero attached hydrogens (tertiary/aromatic N) is 1. The van der Waals surface area contributed by atoms with Crippen LogP contribution in [0.5, 0.6) is 0 Å². The molecule has 0 saturated heterocycles. The number of nitro groups is 1. The van der Waals surface area contributed by atoms with E-state index in [1.807, 2.05) is 0 Å². The molecule has 128 valence electrons. The van der Waals surface area contributed by atoms with E-state index >= 15 is 0 Å². The Hall–Kier alpha value is -2.46. The second kappa shape index (κ2) is 6.57. The highest BCUT2D eigenvalue weighted by Gasteiger charge is 2.45. The molecule has 2 aromatic carbocycles. The van der Waals surface area contributed by atoms with Gasteiger partial charge in [-0.3, -0.25) is 10.1 Å². The Bertz CT molecular complexity index is 837. The second-order valence-electron chi connectivity index (χ2n) is 4.64. The van der Waals surface area contributed by atoms with Crippen LogP contribution in [-0.4, -0.2) is 19.5 Å². The lowest BCUT2D eigenvalue weighted by atomic mass is 10.1. The fourth-order valence-corrected chi connectivity index (χ4v) is 2.96. The Labute approximate surface area is 134 Å². The number of nitro benzene ring substituents is 1. The zero-order valence-corrected chi connectivity index (χ0v) is 12.6. The molecule has 0 bridgehead atoms. The van der Waals surface area contributed by atoms with E-state index in [-0.39, 0.29) is 0 Å². The first kappa shape index (κ1) is 17.9. The normalized spacial score (nSPS) is 13.5. The maximum Gasteiger partial charge on any atom is 0.420 e. The van der Waals surface area contributed by atoms with E-state index in [1.165, 1.54) is 18.2 Å². The van der Waals surface area contributed by atoms with Crippen molar-refractivity contribution in [2.24, 2.45) is 0 Å². The average molecular weight is 361 g/mol. The third kappa shape index (κ3) is 4.09. The van der Waals surface area contributed by atoms with Gasteiger partial charge in [-0.1, -0.05) is 36.4 Å². The first-order chi connectivity index (χ1) is 11.1. The largest absolute Gasteiger partial charge is 0.420 e. The van der Waals surface area contributed by atoms with Crippen molar-refractivity contribution < 1.29 is 30.7 Å². The fourth-order valence-electron chi connectivity index (χ4n) is 1.86. The fraction of sp³-hybridized carbons (Fsp3) is 0.143. The summed E-state index contributed by atoms with van der Waals surface area (Å²) in [5, 5.41) is 10.7. The summed E-state index contributed by atoms with van der Waals surface area (Å²) < 4.78 is 68.0. The molecular formula is C14H10F3NO5S. The summed E-state index contributed by atoms with van der Waals surface area (Å²) in [4.78, 5) is 9.07. The number of hydrogen-bond acceptors (Lipinski definition) is 5. The van der Waals surface area contributed by atoms with Crippen LogP contribution in [0.4, 0.5) is 18.9 Å². The van der Waals surface area contributed by atoms with Crippen molar-refractivity contribution in [3.63, 3.8) is 0 Å². The summed E-state index contributed by atoms with van der Waals surface area (Å²) in [6, 6.07) is 9.81. The van der Waals surface area contributed by atoms with Crippen LogP contribution in [0.2, 0.25) is 0 Å². The number of benzene rings is 2. The molecule has 1 atom stereocenters. The Balaban J connectivity index is 2.41. The highest BCUT2D eigenvalue weighted by Crippen LogP contribution is 2.38. The van der Waals surface area contributed by atoms with Crippen LogP contribution in [0, 0.1) is 10.1 Å². The number of rotatable bonds is 5. The topological polar surface area (TPSA) is 86.5 Å². The van der Waals surface area contributed by atoms with Crippen molar-refractivity contribution in [3.05, 3.63) is 70.3 Å². The summed E-state index contributed by atoms with van der Waals surface area (Å²) in [5.41, 5.74) is -0.984. The van der Waals surface area contributed by atoms with E-state index in [9.17, 15) is 31.7 Å². The minimum atomic E-state index is -4.99. The third-order valence-electron chi connectivity index (χ3n) is 2.94. The molecule has 1 unspecified atom stereocenters. The Kier molecular flexibility index (Phi) is 4.90. The van der Waals surface area contributed by atoms with Crippen LogP contribution in [0.15, 0.2) is 59.5 Å². The number of alkyl halides is 3. The predicted molar refractivity (Wildman–Crippen MR) is 76.6 cm³/mol. The maximum absolute atomic E-state index is 13.2. The number of halogens is 3. The minimum absolute atomic E-state index is 0.404. The van der Waals surface area contributed by atoms with Gasteiger partial charge in [0.1, 0.15) is 4.90 Å². The molecule has 0 amide bonds. The molecule has 0 aliphatic heterocycles. The number of non-ortho nitro benzene ring substituents is 1. The highest BCUT2D eigenvalue weighted by molar-refractivity contribution is 7.86. The van der Waals surface area contributed by atoms with Gasteiger partial charge in [0.05, 0.1) is 4.92 Å². The lowest BCUT2D eigenvalue weighted by Gasteiger charge is -2.20. The smallest absolute Gasteiger partial charge is 0.258 e. The van der Waals surface area contributed by atoms with Gasteiger partial charge in [0.25, 0.3) is 15.8 Å². The van der Waals surface area contributed by atoms with Gasteiger partial charge in [0, 0.05) is 12.1 Å². The van der Waals surface area contributed by atoms with Crippen molar-refractivity contribution in [1.82, 2.24) is 0 Å². The standard InChI is InChI=1S/C14H10F3NO5S/c15-14(16,17)13(10-5-2-1-3-6-10)23-24(21,22)12-8-4-7-11(9-12)18(19)20/h1-9,13H. The quantitative estimate of drug-likeness (QED) is 0.461. The van der Waals surface area contributed by atoms with Crippen molar-refractivity contribution in [3.8, 4) is 0 Å². The van der Waals surface area contributed by atoms with E-state index in [1.54, 1.807) is 0 Å². The second-order valence-corrected chi connectivity index (χ2v) is 6.21. The Morgan fingerprint density at radius 2 is 1.67 bits per heavy atom. The molecule has 0 aromatic heterocycles. The Morgan fingerprint density at radius 1 is 1.04 bits per heavy atom. The minimum Gasteiger partial charge on any atom is -0.258 e. The molecule has 6 nitrogen and oxygen atoms in total. The molecule has 0 N–H and O–H groups in total. The summed E-state index contributed by atoms with van der Waals surface area (Å²) in [6.45, 7) is 0. The van der Waals surface area contributed by atoms with Crippen LogP contribution < -0.4 is 0 Å². The van der Waals surface area contributed by atoms with Gasteiger partial charge in [-0.05, 0) is 11.6 Å². The van der Waals surface area contributed by atoms with E-state index in [0.29, 0.717) is 6.07 Å². The van der Waals surface area contributed by atoms with Gasteiger partial charge in [-0.25, -0.2) is 4.18 Å². The summed E-state index contributed by atoms with van der Waals surface area (Å²) in [5.74, 6) is 0. The first-order valence-electron chi connectivity index (χ1n) is 6.40. The van der Waals surface area contributed by atoms with E-state index in [4.69, 9.17) is 0 Å². The van der Waals surface area contributed by atoms with Crippen LogP contribution in [0.1, 0.15) is 11.7 Å². The van der Waals surface area contributed by atoms with Crippen molar-refractivity contribution >= 4 is 15.8 Å². The molecule has 0 saturated carbocycles. The first-order valence-corrected chi connectivity index (χ1v) is 7.81. The lowest BCUT2D eigenvalue weighted by Crippen LogP contribution is -2.26. The van der Waals surface area contributed by atoms with Gasteiger partial charge < -0.3 is 0 Å². The monoisotopic (exact) mass is 361 g/mol. The van der Waals surface area contributed by atoms with Crippen LogP contribution in [-0.2, 0) is 14.3 Å². The van der Waals surface area contributed by atoms with Gasteiger partial charge in [0.15, 0.2) is 6.10 Å². The van der Waals surface area contributed by atoms with Gasteiger partial charge >= 0.3 is 6.18 Å². The SMILES string of the molecule is O=[N+]([O-])c1cccc(S(=O)(=O)OC(c2ccccc2)C(F)(F)F)c1. The summed E-state index contributed by atoms with van der Waals surface area (Å²) in [7, 11) is -4.87. The predicted octanol–water partition coefficient (Wildman–Crippen LogP) is 3.60. The highest BCUT2D eigenvalue weighted by atomic mass is 32.2. The van der Waals surface area contributed by atoms with E-state index < -0.39 is 43.5 Å². The van der Waals surface area contributed by atoms with Crippen LogP contribution in [0.25, 0.3) is 0 Å². The van der Waals surface area contributed by atoms with Gasteiger partial charge in [0.2, 0.25) is 0 Å². The zero-order valence-electron chi connectivity index (χ0n) is 11.8. The zero-order chi connectivity index (χ0) is 18.0. The number of hydrogen-bond donors (Lipinski definition) is 0. The molecule has 0 spiro atoms. The van der Waals surface area contributed by atoms with Crippen molar-refractivity contribution in [2.75, 3.05) is 0 Å². The molecule has 0 heterocycles. The van der Waals surface area contributed by atoms with Gasteiger partial charge in [-0.15, -0.1) is 0 Å². The Morgan fingerprint density at radius 3 is 2.21 bits per heavy atom. The van der Waals surface area contributed by atoms with E-state index in [0.717, 1.165) is 30.3 Å². The molecule has 24 heavy (non-hydrogen) atoms. The summed E-state index contributed by atoms with van der Waals surface area (Å²) >= 11 is 0. The van der Waals surface area contributed by atoms with Crippen molar-refractivity contribution in [1.29, 1.82) is 0 Å². The van der Waals surface area contributed by atoms with Crippen LogP contribution >= 0.6 is 0 Å². The average Bonchev–Trinajstić information content (AvgIpc) is 2.52. The van der Waals surface area contributed by atoms with Gasteiger partial charge in [-0.2, -0.15) is 21.6 Å². The summed E-state index contributed by atoms with van der Waals surface area (Å²) in [6.07, 6.45) is -7.71. The van der Waals surface area contributed by atoms with E-state index in [2.05, 4.69) is 4.18 Å². The molecular weight excluding hydrogens is 351 g/mol. The molecule has 2 rings (SSSR count). The lowest BCUT2D eigenvalue weighted by molar-refractivity contribution is -0.385. The molecule has 0 aliphatic carbocycles. The molecule has 0 fully saturated rings. The molecule has 2 aromatic rings. The van der Waals surface area contributed by atoms with Crippen molar-refractivity contribution in [2.45, 2.75) is 17.2 Å². The third-order valence-corrected chi connectivity index (χ3v) is 4.22. The maximum atomic E-state index is 13.2. The molecule has 0 aliphatic rings. The molecule has 0 radical (unpaired) electrons.